The summed E-state index contributed by atoms with van der Waals surface area (Å²) in [5.74, 6) is 0. The van der Waals surface area contributed by atoms with Gasteiger partial charge >= 0.3 is 6.09 Å². The van der Waals surface area contributed by atoms with E-state index in [4.69, 9.17) is 16.3 Å². The van der Waals surface area contributed by atoms with Crippen LogP contribution in [0.4, 0.5) is 4.79 Å². The number of carbonyl (C=O) groups excluding carboxylic acids is 1. The standard InChI is InChI=1S/C14H16ClNO2/c1-3-5-13(16-14(17)18-10-4-2)11-6-8-12(15)9-7-11/h3-4,6-9,13H,1-2,5,10H2,(H,16,17). The van der Waals surface area contributed by atoms with Crippen LogP contribution in [0.5, 0.6) is 0 Å². The summed E-state index contributed by atoms with van der Waals surface area (Å²) in [4.78, 5) is 11.5. The first-order valence-corrected chi connectivity index (χ1v) is 5.95. The predicted octanol–water partition coefficient (Wildman–Crippen LogP) is 3.87. The van der Waals surface area contributed by atoms with E-state index in [9.17, 15) is 4.79 Å². The molecule has 0 aliphatic rings. The molecule has 1 unspecified atom stereocenters. The van der Waals surface area contributed by atoms with Crippen molar-refractivity contribution in [3.63, 3.8) is 0 Å². The molecule has 1 amide bonds. The van der Waals surface area contributed by atoms with Crippen LogP contribution in [0.15, 0.2) is 49.6 Å². The zero-order chi connectivity index (χ0) is 13.4. The number of hydrogen-bond acceptors (Lipinski definition) is 2. The topological polar surface area (TPSA) is 38.3 Å². The average Bonchev–Trinajstić information content (AvgIpc) is 2.37. The molecule has 0 fully saturated rings. The van der Waals surface area contributed by atoms with Crippen LogP contribution >= 0.6 is 11.6 Å². The molecule has 0 bridgehead atoms. The van der Waals surface area contributed by atoms with E-state index in [1.807, 2.05) is 12.1 Å². The van der Waals surface area contributed by atoms with Crippen molar-refractivity contribution in [2.45, 2.75) is 12.5 Å². The van der Waals surface area contributed by atoms with E-state index in [0.717, 1.165) is 5.56 Å². The van der Waals surface area contributed by atoms with Gasteiger partial charge in [-0.15, -0.1) is 6.58 Å². The number of ether oxygens (including phenoxy) is 1. The van der Waals surface area contributed by atoms with E-state index >= 15 is 0 Å². The van der Waals surface area contributed by atoms with Crippen molar-refractivity contribution >= 4 is 17.7 Å². The molecule has 96 valence electrons. The highest BCUT2D eigenvalue weighted by atomic mass is 35.5. The molecule has 4 heteroatoms. The molecule has 1 atom stereocenters. The van der Waals surface area contributed by atoms with E-state index < -0.39 is 6.09 Å². The summed E-state index contributed by atoms with van der Waals surface area (Å²) in [6.45, 7) is 7.35. The van der Waals surface area contributed by atoms with E-state index in [-0.39, 0.29) is 12.6 Å². The number of halogens is 1. The summed E-state index contributed by atoms with van der Waals surface area (Å²) >= 11 is 5.82. The monoisotopic (exact) mass is 265 g/mol. The Morgan fingerprint density at radius 2 is 2.00 bits per heavy atom. The van der Waals surface area contributed by atoms with Crippen molar-refractivity contribution in [1.82, 2.24) is 5.32 Å². The molecule has 0 saturated carbocycles. The Morgan fingerprint density at radius 3 is 2.56 bits per heavy atom. The minimum absolute atomic E-state index is 0.169. The van der Waals surface area contributed by atoms with E-state index in [1.165, 1.54) is 6.08 Å². The fourth-order valence-corrected chi connectivity index (χ4v) is 1.58. The van der Waals surface area contributed by atoms with Gasteiger partial charge in [-0.05, 0) is 24.1 Å². The largest absolute Gasteiger partial charge is 0.445 e. The van der Waals surface area contributed by atoms with Crippen molar-refractivity contribution in [3.05, 3.63) is 60.2 Å². The Morgan fingerprint density at radius 1 is 1.33 bits per heavy atom. The molecule has 1 N–H and O–H groups in total. The SMILES string of the molecule is C=CCOC(=O)NC(CC=C)c1ccc(Cl)cc1. The van der Waals surface area contributed by atoms with Crippen LogP contribution in [0.1, 0.15) is 18.0 Å². The summed E-state index contributed by atoms with van der Waals surface area (Å²) in [6.07, 6.45) is 3.40. The van der Waals surface area contributed by atoms with Crippen LogP contribution in [-0.2, 0) is 4.74 Å². The predicted molar refractivity (Wildman–Crippen MR) is 73.7 cm³/mol. The molecule has 0 heterocycles. The molecule has 0 aliphatic heterocycles. The Kier molecular flexibility index (Phi) is 6.01. The lowest BCUT2D eigenvalue weighted by Gasteiger charge is -2.17. The van der Waals surface area contributed by atoms with Crippen LogP contribution in [0, 0.1) is 0 Å². The maximum atomic E-state index is 11.5. The highest BCUT2D eigenvalue weighted by Crippen LogP contribution is 2.19. The lowest BCUT2D eigenvalue weighted by molar-refractivity contribution is 0.154. The molecule has 3 nitrogen and oxygen atoms in total. The Hall–Kier alpha value is -1.74. The van der Waals surface area contributed by atoms with Crippen molar-refractivity contribution < 1.29 is 9.53 Å². The zero-order valence-corrected chi connectivity index (χ0v) is 10.8. The van der Waals surface area contributed by atoms with Gasteiger partial charge in [-0.2, -0.15) is 0 Å². The molecule has 1 aromatic carbocycles. The average molecular weight is 266 g/mol. The number of carbonyl (C=O) groups is 1. The number of amides is 1. The number of alkyl carbamates (subject to hydrolysis) is 1. The third-order valence-electron chi connectivity index (χ3n) is 2.30. The lowest BCUT2D eigenvalue weighted by Crippen LogP contribution is -2.28. The van der Waals surface area contributed by atoms with Crippen LogP contribution in [0.25, 0.3) is 0 Å². The minimum atomic E-state index is -0.475. The molecular formula is C14H16ClNO2. The third kappa shape index (κ3) is 4.63. The molecular weight excluding hydrogens is 250 g/mol. The fraction of sp³-hybridized carbons (Fsp3) is 0.214. The van der Waals surface area contributed by atoms with Gasteiger partial charge in [0.2, 0.25) is 0 Å². The maximum absolute atomic E-state index is 11.5. The van der Waals surface area contributed by atoms with Crippen LogP contribution < -0.4 is 5.32 Å². The number of hydrogen-bond donors (Lipinski definition) is 1. The van der Waals surface area contributed by atoms with E-state index in [0.29, 0.717) is 11.4 Å². The van der Waals surface area contributed by atoms with Gasteiger partial charge in [0, 0.05) is 5.02 Å². The Balaban J connectivity index is 2.69. The van der Waals surface area contributed by atoms with Gasteiger partial charge < -0.3 is 10.1 Å². The van der Waals surface area contributed by atoms with Gasteiger partial charge in [0.25, 0.3) is 0 Å². The van der Waals surface area contributed by atoms with Crippen LogP contribution in [0.2, 0.25) is 5.02 Å². The second-order valence-electron chi connectivity index (χ2n) is 3.66. The summed E-state index contributed by atoms with van der Waals surface area (Å²) in [5, 5.41) is 3.42. The van der Waals surface area contributed by atoms with Crippen molar-refractivity contribution in [2.24, 2.45) is 0 Å². The van der Waals surface area contributed by atoms with Crippen molar-refractivity contribution in [1.29, 1.82) is 0 Å². The van der Waals surface area contributed by atoms with Gasteiger partial charge in [-0.3, -0.25) is 0 Å². The zero-order valence-electron chi connectivity index (χ0n) is 10.1. The highest BCUT2D eigenvalue weighted by Gasteiger charge is 2.13. The highest BCUT2D eigenvalue weighted by molar-refractivity contribution is 6.30. The molecule has 0 saturated heterocycles. The second-order valence-corrected chi connectivity index (χ2v) is 4.10. The van der Waals surface area contributed by atoms with E-state index in [1.54, 1.807) is 18.2 Å². The van der Waals surface area contributed by atoms with E-state index in [2.05, 4.69) is 18.5 Å². The summed E-state index contributed by atoms with van der Waals surface area (Å²) in [5.41, 5.74) is 0.954. The molecule has 1 aromatic rings. The second kappa shape index (κ2) is 7.56. The molecule has 1 rings (SSSR count). The first kappa shape index (κ1) is 14.3. The van der Waals surface area contributed by atoms with Gasteiger partial charge in [-0.1, -0.05) is 42.5 Å². The first-order valence-electron chi connectivity index (χ1n) is 5.58. The molecule has 0 radical (unpaired) electrons. The maximum Gasteiger partial charge on any atom is 0.407 e. The number of benzene rings is 1. The molecule has 0 spiro atoms. The fourth-order valence-electron chi connectivity index (χ4n) is 1.46. The summed E-state index contributed by atoms with van der Waals surface area (Å²) < 4.78 is 4.88. The summed E-state index contributed by atoms with van der Waals surface area (Å²) in [7, 11) is 0. The van der Waals surface area contributed by atoms with Gasteiger partial charge in [0.15, 0.2) is 0 Å². The third-order valence-corrected chi connectivity index (χ3v) is 2.55. The normalized spacial score (nSPS) is 11.4. The molecule has 0 aliphatic carbocycles. The minimum Gasteiger partial charge on any atom is -0.445 e. The van der Waals surface area contributed by atoms with Crippen LogP contribution in [-0.4, -0.2) is 12.7 Å². The number of nitrogens with one attached hydrogen (secondary N) is 1. The Labute approximate surface area is 112 Å². The Bertz CT molecular complexity index is 414. The van der Waals surface area contributed by atoms with Crippen molar-refractivity contribution in [2.75, 3.05) is 6.61 Å². The van der Waals surface area contributed by atoms with Gasteiger partial charge in [-0.25, -0.2) is 4.79 Å². The van der Waals surface area contributed by atoms with Crippen LogP contribution in [0.3, 0.4) is 0 Å². The molecule has 0 aromatic heterocycles. The quantitative estimate of drug-likeness (QED) is 0.793. The van der Waals surface area contributed by atoms with Gasteiger partial charge in [0.05, 0.1) is 6.04 Å². The van der Waals surface area contributed by atoms with Gasteiger partial charge in [0.1, 0.15) is 6.61 Å². The first-order chi connectivity index (χ1) is 8.67. The lowest BCUT2D eigenvalue weighted by atomic mass is 10.0. The summed E-state index contributed by atoms with van der Waals surface area (Å²) in [6, 6.07) is 7.12. The van der Waals surface area contributed by atoms with Crippen molar-refractivity contribution in [3.8, 4) is 0 Å². The number of rotatable bonds is 6. The molecule has 18 heavy (non-hydrogen) atoms. The smallest absolute Gasteiger partial charge is 0.407 e.